The van der Waals surface area contributed by atoms with E-state index in [1.165, 1.54) is 44.9 Å². The number of aliphatic hydroxyl groups excluding tert-OH is 3. The number of hydrogen-bond donors (Lipinski definition) is 8. The van der Waals surface area contributed by atoms with Crippen LogP contribution in [0, 0.1) is 59.7 Å². The summed E-state index contributed by atoms with van der Waals surface area (Å²) in [6.45, 7) is 0.353. The Morgan fingerprint density at radius 1 is 0.603 bits per heavy atom. The molecule has 19 nitrogen and oxygen atoms in total. The summed E-state index contributed by atoms with van der Waals surface area (Å²) in [7, 11) is -16.7. The van der Waals surface area contributed by atoms with Crippen molar-refractivity contribution in [1.82, 2.24) is 0 Å². The highest BCUT2D eigenvalue weighted by atomic mass is 31.2. The fourth-order valence-corrected chi connectivity index (χ4v) is 7.45. The van der Waals surface area contributed by atoms with Gasteiger partial charge in [-0.1, -0.05) is 84.0 Å². The molecule has 58 heavy (non-hydrogen) atoms. The lowest BCUT2D eigenvalue weighted by molar-refractivity contribution is -0.213. The van der Waals surface area contributed by atoms with Crippen LogP contribution in [0.3, 0.4) is 0 Å². The van der Waals surface area contributed by atoms with Crippen LogP contribution in [0.4, 0.5) is 0 Å². The number of carbonyl (C=O) groups is 2. The van der Waals surface area contributed by atoms with Gasteiger partial charge in [-0.15, -0.1) is 6.42 Å². The maximum absolute atomic E-state index is 13.0. The summed E-state index contributed by atoms with van der Waals surface area (Å²) >= 11 is 0. The number of terminal acetylenes is 1. The lowest BCUT2D eigenvalue weighted by Crippen LogP contribution is -2.65. The van der Waals surface area contributed by atoms with E-state index in [2.05, 4.69) is 57.4 Å². The van der Waals surface area contributed by atoms with Gasteiger partial charge in [0.25, 0.3) is 0 Å². The molecule has 0 amide bonds. The lowest BCUT2D eigenvalue weighted by atomic mass is 9.85. The predicted molar refractivity (Wildman–Crippen MR) is 204 cm³/mol. The van der Waals surface area contributed by atoms with Crippen molar-refractivity contribution in [2.75, 3.05) is 13.2 Å². The van der Waals surface area contributed by atoms with Gasteiger partial charge in [0.15, 0.2) is 6.10 Å². The highest BCUT2D eigenvalue weighted by Crippen LogP contribution is 2.51. The summed E-state index contributed by atoms with van der Waals surface area (Å²) in [5.74, 6) is 17.9. The Hall–Kier alpha value is -3.05. The van der Waals surface area contributed by atoms with Crippen LogP contribution in [0.1, 0.15) is 96.8 Å². The van der Waals surface area contributed by atoms with E-state index in [0.717, 1.165) is 25.7 Å². The second-order valence-corrected chi connectivity index (χ2v) is 16.6. The summed E-state index contributed by atoms with van der Waals surface area (Å²) in [6, 6.07) is 0. The molecule has 1 rings (SSSR count). The van der Waals surface area contributed by atoms with Gasteiger partial charge in [0.1, 0.15) is 43.2 Å². The van der Waals surface area contributed by atoms with E-state index in [4.69, 9.17) is 24.9 Å². The topological polar surface area (TPSA) is 303 Å². The molecule has 1 aliphatic rings. The first-order chi connectivity index (χ1) is 27.3. The fourth-order valence-electron chi connectivity index (χ4n) is 5.35. The van der Waals surface area contributed by atoms with Gasteiger partial charge in [0.2, 0.25) is 0 Å². The zero-order chi connectivity index (χ0) is 43.6. The Morgan fingerprint density at radius 2 is 1.02 bits per heavy atom. The van der Waals surface area contributed by atoms with Crippen LogP contribution < -0.4 is 0 Å². The minimum Gasteiger partial charge on any atom is -0.456 e. The monoisotopic (exact) mass is 880 g/mol. The Labute approximate surface area is 338 Å². The molecule has 0 spiro atoms. The Balaban J connectivity index is 2.94. The molecular weight excluding hydrogens is 829 g/mol. The second kappa shape index (κ2) is 28.4. The van der Waals surface area contributed by atoms with E-state index in [-0.39, 0.29) is 6.42 Å². The summed E-state index contributed by atoms with van der Waals surface area (Å²) in [5, 5.41) is 31.6. The van der Waals surface area contributed by atoms with E-state index >= 15 is 0 Å². The highest BCUT2D eigenvalue weighted by molar-refractivity contribution is 7.47. The number of aliphatic hydroxyl groups is 3. The summed E-state index contributed by atoms with van der Waals surface area (Å²) in [4.78, 5) is 72.2. The van der Waals surface area contributed by atoms with Gasteiger partial charge < -0.3 is 49.3 Å². The van der Waals surface area contributed by atoms with E-state index < -0.39 is 91.3 Å². The number of unbranched alkanes of at least 4 members (excludes halogenated alkanes) is 12. The average molecular weight is 881 g/mol. The molecular formula is C36H51O19P3. The van der Waals surface area contributed by atoms with E-state index in [1.54, 1.807) is 0 Å². The SMILES string of the molecule is C#CC#CC#CC#CC#CC(=O)OC[C@H](COP(=O)(O)OC1C(O)[C@H](OP(=O)(O)O)C(O)C(OP(=O)(O)O)[C@@H]1O)OC(=O)CCCCCCCCCCCCCCC. The zero-order valence-corrected chi connectivity index (χ0v) is 34.5. The molecule has 0 saturated heterocycles. The van der Waals surface area contributed by atoms with Gasteiger partial charge in [-0.2, -0.15) is 0 Å². The van der Waals surface area contributed by atoms with Crippen LogP contribution in [0.15, 0.2) is 0 Å². The van der Waals surface area contributed by atoms with Crippen molar-refractivity contribution in [2.45, 2.75) is 140 Å². The van der Waals surface area contributed by atoms with Crippen molar-refractivity contribution in [3.8, 4) is 59.7 Å². The number of esters is 2. The molecule has 324 valence electrons. The fraction of sp³-hybridized carbons (Fsp3) is 0.667. The molecule has 22 heteroatoms. The van der Waals surface area contributed by atoms with Crippen LogP contribution in [0.2, 0.25) is 0 Å². The smallest absolute Gasteiger partial charge is 0.456 e. The van der Waals surface area contributed by atoms with Crippen LogP contribution in [0.25, 0.3) is 0 Å². The second-order valence-electron chi connectivity index (χ2n) is 12.8. The third-order valence-corrected chi connectivity index (χ3v) is 10.0. The molecule has 5 unspecified atom stereocenters. The maximum Gasteiger partial charge on any atom is 0.472 e. The van der Waals surface area contributed by atoms with E-state index in [1.807, 2.05) is 11.8 Å². The maximum atomic E-state index is 13.0. The highest BCUT2D eigenvalue weighted by Gasteiger charge is 2.56. The normalized spacial score (nSPS) is 21.7. The lowest BCUT2D eigenvalue weighted by Gasteiger charge is -2.44. The van der Waals surface area contributed by atoms with Gasteiger partial charge in [-0.05, 0) is 53.8 Å². The Morgan fingerprint density at radius 3 is 1.47 bits per heavy atom. The first-order valence-corrected chi connectivity index (χ1v) is 22.9. The van der Waals surface area contributed by atoms with Gasteiger partial charge in [-0.3, -0.25) is 22.9 Å². The number of rotatable bonds is 26. The van der Waals surface area contributed by atoms with E-state index in [9.17, 15) is 63.1 Å². The number of phosphoric ester groups is 3. The third kappa shape index (κ3) is 24.8. The molecule has 0 bridgehead atoms. The quantitative estimate of drug-likeness (QED) is 0.0203. The van der Waals surface area contributed by atoms with E-state index in [0.29, 0.717) is 12.8 Å². The molecule has 0 aromatic carbocycles. The van der Waals surface area contributed by atoms with Crippen LogP contribution >= 0.6 is 23.5 Å². The standard InChI is InChI=1S/C36H51O19P3/c1-3-5-7-9-11-13-14-15-16-17-19-21-23-25-30(38)52-28(26-50-29(37)24-22-20-18-12-10-8-6-4-2)27-51-58(48,49)55-36-32(40)34(53-56(42,43)44)31(39)35(33(36)41)54-57(45,46)47/h2,28,31-36,39-41H,3,5,7,9,11,13-17,19,21,23,25-27H2,1H3,(H,48,49)(H2,42,43,44)(H2,45,46,47)/t28-,31?,32+,33?,34?,35-,36?/m1/s1. The molecule has 8 N–H and O–H groups in total. The van der Waals surface area contributed by atoms with Gasteiger partial charge in [0, 0.05) is 12.3 Å². The minimum atomic E-state index is -5.57. The van der Waals surface area contributed by atoms with Crippen LogP contribution in [-0.4, -0.2) is 108 Å². The summed E-state index contributed by atoms with van der Waals surface area (Å²) in [5.41, 5.74) is 0. The van der Waals surface area contributed by atoms with Crippen molar-refractivity contribution < 1.29 is 90.6 Å². The number of phosphoric acid groups is 3. The third-order valence-electron chi connectivity index (χ3n) is 8.01. The van der Waals surface area contributed by atoms with Crippen molar-refractivity contribution >= 4 is 35.4 Å². The summed E-state index contributed by atoms with van der Waals surface area (Å²) < 4.78 is 64.3. The van der Waals surface area contributed by atoms with Crippen molar-refractivity contribution in [2.24, 2.45) is 0 Å². The molecule has 0 aromatic heterocycles. The summed E-state index contributed by atoms with van der Waals surface area (Å²) in [6.07, 6.45) is 1.95. The van der Waals surface area contributed by atoms with Crippen LogP contribution in [0.5, 0.6) is 0 Å². The Bertz CT molecular complexity index is 1700. The van der Waals surface area contributed by atoms with Gasteiger partial charge in [-0.25, -0.2) is 18.5 Å². The molecule has 8 atom stereocenters. The molecule has 1 fully saturated rings. The number of carbonyl (C=O) groups excluding carboxylic acids is 2. The number of ether oxygens (including phenoxy) is 2. The first-order valence-electron chi connectivity index (χ1n) is 18.3. The van der Waals surface area contributed by atoms with Gasteiger partial charge in [0.05, 0.1) is 6.61 Å². The molecule has 1 saturated carbocycles. The molecule has 0 radical (unpaired) electrons. The van der Waals surface area contributed by atoms with Crippen molar-refractivity contribution in [3.63, 3.8) is 0 Å². The predicted octanol–water partition coefficient (Wildman–Crippen LogP) is 2.12. The van der Waals surface area contributed by atoms with Gasteiger partial charge >= 0.3 is 35.4 Å². The van der Waals surface area contributed by atoms with Crippen molar-refractivity contribution in [3.05, 3.63) is 0 Å². The zero-order valence-electron chi connectivity index (χ0n) is 31.8. The molecule has 0 aromatic rings. The van der Waals surface area contributed by atoms with Crippen molar-refractivity contribution in [1.29, 1.82) is 0 Å². The molecule has 0 heterocycles. The largest absolute Gasteiger partial charge is 0.472 e. The van der Waals surface area contributed by atoms with Crippen LogP contribution in [-0.2, 0) is 50.9 Å². The molecule has 1 aliphatic carbocycles. The average Bonchev–Trinajstić information content (AvgIpc) is 3.14. The molecule has 0 aliphatic heterocycles. The first kappa shape index (κ1) is 53.0. The Kier molecular flexibility index (Phi) is 26.0. The number of hydrogen-bond acceptors (Lipinski definition) is 14. The minimum absolute atomic E-state index is 0.0810.